The van der Waals surface area contributed by atoms with E-state index in [0.717, 1.165) is 11.1 Å². The summed E-state index contributed by atoms with van der Waals surface area (Å²) in [5, 5.41) is 3.91. The molecule has 0 saturated heterocycles. The fourth-order valence-electron chi connectivity index (χ4n) is 1.99. The Morgan fingerprint density at radius 2 is 1.92 bits per heavy atom. The van der Waals surface area contributed by atoms with Crippen LogP contribution in [0.3, 0.4) is 0 Å². The molecule has 0 radical (unpaired) electrons. The SMILES string of the molecule is COc1ccc(/C=N/NC(=O)COc2ccccc2C)c(OC)c1. The smallest absolute Gasteiger partial charge is 0.277 e. The van der Waals surface area contributed by atoms with Gasteiger partial charge in [0, 0.05) is 11.6 Å². The molecule has 0 bridgehead atoms. The summed E-state index contributed by atoms with van der Waals surface area (Å²) in [5.41, 5.74) is 4.11. The summed E-state index contributed by atoms with van der Waals surface area (Å²) < 4.78 is 15.8. The van der Waals surface area contributed by atoms with E-state index in [1.54, 1.807) is 32.4 Å². The van der Waals surface area contributed by atoms with E-state index in [0.29, 0.717) is 17.2 Å². The number of rotatable bonds is 7. The second-order valence-electron chi connectivity index (χ2n) is 4.96. The van der Waals surface area contributed by atoms with Crippen LogP contribution in [0.5, 0.6) is 17.2 Å². The minimum Gasteiger partial charge on any atom is -0.497 e. The lowest BCUT2D eigenvalue weighted by Gasteiger charge is -2.08. The van der Waals surface area contributed by atoms with Gasteiger partial charge in [0.25, 0.3) is 5.91 Å². The molecule has 0 heterocycles. The van der Waals surface area contributed by atoms with Crippen LogP contribution < -0.4 is 19.6 Å². The number of ether oxygens (including phenoxy) is 3. The molecule has 0 aliphatic heterocycles. The van der Waals surface area contributed by atoms with Gasteiger partial charge in [-0.3, -0.25) is 4.79 Å². The van der Waals surface area contributed by atoms with Gasteiger partial charge in [0.15, 0.2) is 6.61 Å². The van der Waals surface area contributed by atoms with E-state index < -0.39 is 0 Å². The van der Waals surface area contributed by atoms with Gasteiger partial charge in [-0.25, -0.2) is 5.43 Å². The molecule has 0 aromatic heterocycles. The maximum Gasteiger partial charge on any atom is 0.277 e. The zero-order valence-electron chi connectivity index (χ0n) is 13.9. The highest BCUT2D eigenvalue weighted by molar-refractivity contribution is 5.85. The number of benzene rings is 2. The second-order valence-corrected chi connectivity index (χ2v) is 4.96. The first-order chi connectivity index (χ1) is 11.6. The summed E-state index contributed by atoms with van der Waals surface area (Å²) in [6.45, 7) is 1.81. The van der Waals surface area contributed by atoms with Crippen LogP contribution >= 0.6 is 0 Å². The number of carbonyl (C=O) groups excluding carboxylic acids is 1. The molecule has 0 unspecified atom stereocenters. The van der Waals surface area contributed by atoms with Crippen molar-refractivity contribution in [1.29, 1.82) is 0 Å². The highest BCUT2D eigenvalue weighted by Gasteiger charge is 2.05. The first-order valence-corrected chi connectivity index (χ1v) is 7.36. The van der Waals surface area contributed by atoms with Crippen LogP contribution in [0.2, 0.25) is 0 Å². The lowest BCUT2D eigenvalue weighted by molar-refractivity contribution is -0.123. The largest absolute Gasteiger partial charge is 0.497 e. The molecule has 0 atom stereocenters. The second kappa shape index (κ2) is 8.57. The Labute approximate surface area is 141 Å². The molecular formula is C18H20N2O4. The van der Waals surface area contributed by atoms with Crippen LogP contribution in [0.25, 0.3) is 0 Å². The van der Waals surface area contributed by atoms with Crippen molar-refractivity contribution >= 4 is 12.1 Å². The molecule has 0 spiro atoms. The van der Waals surface area contributed by atoms with Gasteiger partial charge in [-0.1, -0.05) is 18.2 Å². The zero-order chi connectivity index (χ0) is 17.4. The Hall–Kier alpha value is -3.02. The number of nitrogens with zero attached hydrogens (tertiary/aromatic N) is 1. The summed E-state index contributed by atoms with van der Waals surface area (Å²) >= 11 is 0. The predicted molar refractivity (Wildman–Crippen MR) is 92.0 cm³/mol. The van der Waals surface area contributed by atoms with Crippen LogP contribution in [-0.2, 0) is 4.79 Å². The quantitative estimate of drug-likeness (QED) is 0.626. The van der Waals surface area contributed by atoms with Gasteiger partial charge >= 0.3 is 0 Å². The summed E-state index contributed by atoms with van der Waals surface area (Å²) in [6, 6.07) is 12.8. The molecule has 0 fully saturated rings. The fourth-order valence-corrected chi connectivity index (χ4v) is 1.99. The van der Waals surface area contributed by atoms with Gasteiger partial charge in [-0.2, -0.15) is 5.10 Å². The maximum atomic E-state index is 11.8. The molecule has 1 N–H and O–H groups in total. The monoisotopic (exact) mass is 328 g/mol. The number of aryl methyl sites for hydroxylation is 1. The molecule has 6 heteroatoms. The normalized spacial score (nSPS) is 10.5. The highest BCUT2D eigenvalue weighted by atomic mass is 16.5. The first kappa shape index (κ1) is 17.3. The standard InChI is InChI=1S/C18H20N2O4/c1-13-6-4-5-7-16(13)24-12-18(21)20-19-11-14-8-9-15(22-2)10-17(14)23-3/h4-11H,12H2,1-3H3,(H,20,21)/b19-11+. The number of para-hydroxylation sites is 1. The Kier molecular flexibility index (Phi) is 6.19. The molecule has 24 heavy (non-hydrogen) atoms. The molecule has 2 aromatic rings. The number of amides is 1. The predicted octanol–water partition coefficient (Wildman–Crippen LogP) is 2.54. The van der Waals surface area contributed by atoms with Crippen molar-refractivity contribution in [2.24, 2.45) is 5.10 Å². The average Bonchev–Trinajstić information content (AvgIpc) is 2.61. The Balaban J connectivity index is 1.89. The minimum atomic E-state index is -0.345. The van der Waals surface area contributed by atoms with Crippen LogP contribution in [0.15, 0.2) is 47.6 Å². The molecule has 126 valence electrons. The fraction of sp³-hybridized carbons (Fsp3) is 0.222. The van der Waals surface area contributed by atoms with Gasteiger partial charge in [-0.15, -0.1) is 0 Å². The van der Waals surface area contributed by atoms with Gasteiger partial charge in [0.2, 0.25) is 0 Å². The number of hydrazone groups is 1. The van der Waals surface area contributed by atoms with Crippen molar-refractivity contribution < 1.29 is 19.0 Å². The summed E-state index contributed by atoms with van der Waals surface area (Å²) in [6.07, 6.45) is 1.50. The number of hydrogen-bond acceptors (Lipinski definition) is 5. The summed E-state index contributed by atoms with van der Waals surface area (Å²) in [7, 11) is 3.14. The van der Waals surface area contributed by atoms with E-state index in [1.807, 2.05) is 31.2 Å². The Bertz CT molecular complexity index is 729. The number of nitrogens with one attached hydrogen (secondary N) is 1. The van der Waals surface area contributed by atoms with Crippen molar-refractivity contribution in [1.82, 2.24) is 5.43 Å². The lowest BCUT2D eigenvalue weighted by atomic mass is 10.2. The van der Waals surface area contributed by atoms with Gasteiger partial charge < -0.3 is 14.2 Å². The lowest BCUT2D eigenvalue weighted by Crippen LogP contribution is -2.24. The van der Waals surface area contributed by atoms with Crippen molar-refractivity contribution in [2.75, 3.05) is 20.8 Å². The van der Waals surface area contributed by atoms with E-state index in [4.69, 9.17) is 14.2 Å². The molecule has 1 amide bonds. The van der Waals surface area contributed by atoms with Crippen molar-refractivity contribution in [3.05, 3.63) is 53.6 Å². The van der Waals surface area contributed by atoms with Crippen LogP contribution in [0, 0.1) is 6.92 Å². The number of carbonyl (C=O) groups is 1. The molecule has 0 saturated carbocycles. The summed E-state index contributed by atoms with van der Waals surface area (Å²) in [4.78, 5) is 11.8. The van der Waals surface area contributed by atoms with Crippen molar-refractivity contribution in [3.8, 4) is 17.2 Å². The van der Waals surface area contributed by atoms with E-state index in [1.165, 1.54) is 6.21 Å². The molecule has 2 aromatic carbocycles. The molecule has 2 rings (SSSR count). The topological polar surface area (TPSA) is 69.2 Å². The van der Waals surface area contributed by atoms with Crippen molar-refractivity contribution in [3.63, 3.8) is 0 Å². The maximum absolute atomic E-state index is 11.8. The number of hydrogen-bond donors (Lipinski definition) is 1. The van der Waals surface area contributed by atoms with Crippen LogP contribution in [-0.4, -0.2) is 32.9 Å². The Morgan fingerprint density at radius 1 is 1.12 bits per heavy atom. The first-order valence-electron chi connectivity index (χ1n) is 7.36. The van der Waals surface area contributed by atoms with E-state index in [9.17, 15) is 4.79 Å². The van der Waals surface area contributed by atoms with Crippen molar-refractivity contribution in [2.45, 2.75) is 6.92 Å². The van der Waals surface area contributed by atoms with E-state index in [2.05, 4.69) is 10.5 Å². The van der Waals surface area contributed by atoms with E-state index in [-0.39, 0.29) is 12.5 Å². The summed E-state index contributed by atoms with van der Waals surface area (Å²) in [5.74, 6) is 1.61. The average molecular weight is 328 g/mol. The Morgan fingerprint density at radius 3 is 2.62 bits per heavy atom. The van der Waals surface area contributed by atoms with Gasteiger partial charge in [-0.05, 0) is 30.7 Å². The number of methoxy groups -OCH3 is 2. The third-order valence-electron chi connectivity index (χ3n) is 3.29. The van der Waals surface area contributed by atoms with Crippen LogP contribution in [0.1, 0.15) is 11.1 Å². The third-order valence-corrected chi connectivity index (χ3v) is 3.29. The molecule has 0 aliphatic carbocycles. The third kappa shape index (κ3) is 4.74. The molecule has 6 nitrogen and oxygen atoms in total. The zero-order valence-corrected chi connectivity index (χ0v) is 13.9. The minimum absolute atomic E-state index is 0.109. The van der Waals surface area contributed by atoms with Gasteiger partial charge in [0.05, 0.1) is 20.4 Å². The molecular weight excluding hydrogens is 308 g/mol. The van der Waals surface area contributed by atoms with Gasteiger partial charge in [0.1, 0.15) is 17.2 Å². The van der Waals surface area contributed by atoms with Crippen LogP contribution in [0.4, 0.5) is 0 Å². The van der Waals surface area contributed by atoms with E-state index >= 15 is 0 Å². The highest BCUT2D eigenvalue weighted by Crippen LogP contribution is 2.23. The molecule has 0 aliphatic rings.